The van der Waals surface area contributed by atoms with E-state index >= 15 is 0 Å². The van der Waals surface area contributed by atoms with Crippen molar-refractivity contribution < 1.29 is 14.3 Å². The number of likely N-dealkylation sites (tertiary alicyclic amines) is 2. The first-order valence-electron chi connectivity index (χ1n) is 7.71. The van der Waals surface area contributed by atoms with Gasteiger partial charge >= 0.3 is 5.97 Å². The number of amides is 1. The highest BCUT2D eigenvalue weighted by atomic mass is 16.5. The third-order valence-corrected chi connectivity index (χ3v) is 4.56. The van der Waals surface area contributed by atoms with E-state index in [9.17, 15) is 9.59 Å². The molecule has 0 spiro atoms. The van der Waals surface area contributed by atoms with Gasteiger partial charge < -0.3 is 14.5 Å². The lowest BCUT2D eigenvalue weighted by Crippen LogP contribution is -2.39. The van der Waals surface area contributed by atoms with Crippen LogP contribution in [0, 0.1) is 5.92 Å². The van der Waals surface area contributed by atoms with Crippen LogP contribution in [0.1, 0.15) is 39.0 Å². The number of nitrogens with zero attached hydrogens (tertiary/aromatic N) is 2. The predicted molar refractivity (Wildman–Crippen MR) is 76.2 cm³/mol. The smallest absolute Gasteiger partial charge is 0.310 e. The topological polar surface area (TPSA) is 49.9 Å². The first-order chi connectivity index (χ1) is 9.61. The zero-order chi connectivity index (χ0) is 14.5. The molecule has 2 atom stereocenters. The van der Waals surface area contributed by atoms with Crippen molar-refractivity contribution in [2.24, 2.45) is 5.92 Å². The Hall–Kier alpha value is -1.10. The predicted octanol–water partition coefficient (Wildman–Crippen LogP) is 1.27. The number of rotatable bonds is 5. The monoisotopic (exact) mass is 282 g/mol. The van der Waals surface area contributed by atoms with Gasteiger partial charge in [0.15, 0.2) is 0 Å². The molecule has 20 heavy (non-hydrogen) atoms. The van der Waals surface area contributed by atoms with Gasteiger partial charge in [0.05, 0.1) is 13.0 Å². The van der Waals surface area contributed by atoms with Crippen LogP contribution in [0.3, 0.4) is 0 Å². The average molecular weight is 282 g/mol. The summed E-state index contributed by atoms with van der Waals surface area (Å²) in [6.45, 7) is 5.80. The number of ether oxygens (including phenoxy) is 1. The van der Waals surface area contributed by atoms with Gasteiger partial charge in [0.2, 0.25) is 5.91 Å². The molecule has 5 nitrogen and oxygen atoms in total. The minimum atomic E-state index is -0.263. The van der Waals surface area contributed by atoms with Crippen molar-refractivity contribution in [3.63, 3.8) is 0 Å². The zero-order valence-electron chi connectivity index (χ0n) is 12.6. The molecule has 2 saturated heterocycles. The van der Waals surface area contributed by atoms with Crippen molar-refractivity contribution in [3.05, 3.63) is 0 Å². The Bertz CT molecular complexity index is 359. The summed E-state index contributed by atoms with van der Waals surface area (Å²) in [7, 11) is 1.38. The third-order valence-electron chi connectivity index (χ3n) is 4.56. The molecule has 5 heteroatoms. The fourth-order valence-corrected chi connectivity index (χ4v) is 3.27. The van der Waals surface area contributed by atoms with Crippen molar-refractivity contribution in [3.8, 4) is 0 Å². The molecule has 2 heterocycles. The van der Waals surface area contributed by atoms with E-state index in [1.807, 2.05) is 4.90 Å². The Labute approximate surface area is 121 Å². The molecule has 0 radical (unpaired) electrons. The molecule has 2 rings (SSSR count). The molecule has 0 aromatic rings. The van der Waals surface area contributed by atoms with Gasteiger partial charge in [-0.2, -0.15) is 0 Å². The number of piperidine rings is 1. The van der Waals surface area contributed by atoms with Crippen LogP contribution in [0.4, 0.5) is 0 Å². The van der Waals surface area contributed by atoms with Crippen molar-refractivity contribution in [2.75, 3.05) is 33.3 Å². The maximum Gasteiger partial charge on any atom is 0.310 e. The second-order valence-corrected chi connectivity index (χ2v) is 6.00. The van der Waals surface area contributed by atoms with E-state index in [1.165, 1.54) is 32.9 Å². The van der Waals surface area contributed by atoms with Gasteiger partial charge in [-0.25, -0.2) is 0 Å². The molecule has 2 fully saturated rings. The molecule has 0 aromatic heterocycles. The lowest BCUT2D eigenvalue weighted by Gasteiger charge is -2.33. The molecule has 0 bridgehead atoms. The standard InChI is InChI=1S/C15H26N2O3/c1-12-6-3-4-7-16(12)8-5-9-17-11-13(10-14(17)18)15(19)20-2/h12-13H,3-11H2,1-2H3. The van der Waals surface area contributed by atoms with Crippen LogP contribution in [-0.2, 0) is 14.3 Å². The highest BCUT2D eigenvalue weighted by molar-refractivity contribution is 5.86. The van der Waals surface area contributed by atoms with Crippen LogP contribution in [0.2, 0.25) is 0 Å². The Balaban J connectivity index is 1.71. The molecule has 2 aliphatic rings. The fraction of sp³-hybridized carbons (Fsp3) is 0.867. The Kier molecular flexibility index (Phi) is 5.40. The third kappa shape index (κ3) is 3.72. The summed E-state index contributed by atoms with van der Waals surface area (Å²) in [5, 5.41) is 0. The molecule has 0 aromatic carbocycles. The molecule has 2 unspecified atom stereocenters. The van der Waals surface area contributed by atoms with E-state index in [1.54, 1.807) is 0 Å². The van der Waals surface area contributed by atoms with Gasteiger partial charge in [-0.1, -0.05) is 6.42 Å². The minimum Gasteiger partial charge on any atom is -0.469 e. The molecule has 2 aliphatic heterocycles. The molecule has 0 N–H and O–H groups in total. The molecule has 1 amide bonds. The van der Waals surface area contributed by atoms with Crippen LogP contribution in [0.25, 0.3) is 0 Å². The van der Waals surface area contributed by atoms with Crippen LogP contribution in [0.15, 0.2) is 0 Å². The summed E-state index contributed by atoms with van der Waals surface area (Å²) in [4.78, 5) is 27.6. The van der Waals surface area contributed by atoms with Crippen molar-refractivity contribution in [1.29, 1.82) is 0 Å². The van der Waals surface area contributed by atoms with E-state index in [4.69, 9.17) is 4.74 Å². The largest absolute Gasteiger partial charge is 0.469 e. The van der Waals surface area contributed by atoms with Gasteiger partial charge in [-0.05, 0) is 32.7 Å². The molecule has 114 valence electrons. The van der Waals surface area contributed by atoms with E-state index in [0.29, 0.717) is 19.0 Å². The number of hydrogen-bond donors (Lipinski definition) is 0. The Morgan fingerprint density at radius 2 is 2.15 bits per heavy atom. The second kappa shape index (κ2) is 7.07. The quantitative estimate of drug-likeness (QED) is 0.713. The number of esters is 1. The summed E-state index contributed by atoms with van der Waals surface area (Å²) in [5.41, 5.74) is 0. The summed E-state index contributed by atoms with van der Waals surface area (Å²) in [6.07, 6.45) is 5.21. The molecular formula is C15H26N2O3. The number of hydrogen-bond acceptors (Lipinski definition) is 4. The first-order valence-corrected chi connectivity index (χ1v) is 7.71. The van der Waals surface area contributed by atoms with Crippen LogP contribution >= 0.6 is 0 Å². The first kappa shape index (κ1) is 15.3. The highest BCUT2D eigenvalue weighted by Crippen LogP contribution is 2.20. The van der Waals surface area contributed by atoms with Crippen LogP contribution in [-0.4, -0.2) is 61.0 Å². The van der Waals surface area contributed by atoms with Gasteiger partial charge in [-0.15, -0.1) is 0 Å². The van der Waals surface area contributed by atoms with Crippen molar-refractivity contribution in [1.82, 2.24) is 9.80 Å². The van der Waals surface area contributed by atoms with E-state index in [0.717, 1.165) is 19.5 Å². The van der Waals surface area contributed by atoms with E-state index in [-0.39, 0.29) is 17.8 Å². The highest BCUT2D eigenvalue weighted by Gasteiger charge is 2.34. The van der Waals surface area contributed by atoms with Crippen LogP contribution in [0.5, 0.6) is 0 Å². The van der Waals surface area contributed by atoms with Gasteiger partial charge in [0.25, 0.3) is 0 Å². The normalized spacial score (nSPS) is 27.9. The average Bonchev–Trinajstić information content (AvgIpc) is 2.81. The lowest BCUT2D eigenvalue weighted by atomic mass is 10.0. The Morgan fingerprint density at radius 3 is 2.85 bits per heavy atom. The number of carbonyl (C=O) groups is 2. The minimum absolute atomic E-state index is 0.0899. The van der Waals surface area contributed by atoms with Crippen molar-refractivity contribution >= 4 is 11.9 Å². The van der Waals surface area contributed by atoms with Crippen LogP contribution < -0.4 is 0 Å². The number of carbonyl (C=O) groups excluding carboxylic acids is 2. The Morgan fingerprint density at radius 1 is 1.35 bits per heavy atom. The summed E-state index contributed by atoms with van der Waals surface area (Å²) in [6, 6.07) is 0.667. The maximum atomic E-state index is 11.9. The summed E-state index contributed by atoms with van der Waals surface area (Å²) in [5.74, 6) is -0.431. The van der Waals surface area contributed by atoms with E-state index in [2.05, 4.69) is 11.8 Å². The molecule has 0 saturated carbocycles. The van der Waals surface area contributed by atoms with Gasteiger partial charge in [0, 0.05) is 32.1 Å². The maximum absolute atomic E-state index is 11.9. The molecular weight excluding hydrogens is 256 g/mol. The SMILES string of the molecule is COC(=O)C1CC(=O)N(CCCN2CCCCC2C)C1. The molecule has 0 aliphatic carbocycles. The zero-order valence-corrected chi connectivity index (χ0v) is 12.6. The van der Waals surface area contributed by atoms with Gasteiger partial charge in [0.1, 0.15) is 0 Å². The lowest BCUT2D eigenvalue weighted by molar-refractivity contribution is -0.145. The van der Waals surface area contributed by atoms with Gasteiger partial charge in [-0.3, -0.25) is 9.59 Å². The van der Waals surface area contributed by atoms with E-state index < -0.39 is 0 Å². The fourth-order valence-electron chi connectivity index (χ4n) is 3.27. The summed E-state index contributed by atoms with van der Waals surface area (Å²) < 4.78 is 4.72. The van der Waals surface area contributed by atoms with Crippen molar-refractivity contribution in [2.45, 2.75) is 45.1 Å². The second-order valence-electron chi connectivity index (χ2n) is 6.00. The summed E-state index contributed by atoms with van der Waals surface area (Å²) >= 11 is 0. The number of methoxy groups -OCH3 is 1.